The number of nitrogens with zero attached hydrogens (tertiary/aromatic N) is 3. The van der Waals surface area contributed by atoms with Crippen molar-refractivity contribution in [3.05, 3.63) is 71.9 Å². The van der Waals surface area contributed by atoms with E-state index < -0.39 is 10.0 Å². The molecule has 0 unspecified atom stereocenters. The number of hydrogen-bond acceptors (Lipinski definition) is 6. The molecule has 28 heavy (non-hydrogen) atoms. The van der Waals surface area contributed by atoms with Crippen LogP contribution in [0.2, 0.25) is 0 Å². The molecule has 3 rings (SSSR count). The molecule has 0 bridgehead atoms. The van der Waals surface area contributed by atoms with Gasteiger partial charge in [0, 0.05) is 31.0 Å². The third-order valence-electron chi connectivity index (χ3n) is 4.26. The molecule has 0 radical (unpaired) electrons. The lowest BCUT2D eigenvalue weighted by molar-refractivity contribution is 0.598. The third-order valence-corrected chi connectivity index (χ3v) is 5.19. The van der Waals surface area contributed by atoms with Crippen LogP contribution in [0.4, 0.5) is 17.5 Å². The molecular weight excluding hydrogens is 374 g/mol. The molecule has 0 spiro atoms. The van der Waals surface area contributed by atoms with E-state index in [1.54, 1.807) is 12.1 Å². The zero-order chi connectivity index (χ0) is 20.1. The molecule has 0 fully saturated rings. The van der Waals surface area contributed by atoms with Crippen LogP contribution >= 0.6 is 0 Å². The summed E-state index contributed by atoms with van der Waals surface area (Å²) in [5, 5.41) is 8.42. The number of anilines is 3. The second-order valence-corrected chi connectivity index (χ2v) is 8.02. The first-order chi connectivity index (χ1) is 13.3. The van der Waals surface area contributed by atoms with E-state index in [2.05, 4.69) is 15.3 Å². The predicted octanol–water partition coefficient (Wildman–Crippen LogP) is 2.85. The van der Waals surface area contributed by atoms with Crippen LogP contribution in [0.15, 0.2) is 65.6 Å². The normalized spacial score (nSPS) is 11.2. The summed E-state index contributed by atoms with van der Waals surface area (Å²) in [5.41, 5.74) is 2.88. The smallest absolute Gasteiger partial charge is 0.238 e. The summed E-state index contributed by atoms with van der Waals surface area (Å²) >= 11 is 0. The molecular formula is C20H23N5O2S. The Bertz CT molecular complexity index is 1040. The van der Waals surface area contributed by atoms with Gasteiger partial charge in [-0.1, -0.05) is 30.3 Å². The average Bonchev–Trinajstić information content (AvgIpc) is 2.67. The molecule has 0 aliphatic rings. The highest BCUT2D eigenvalue weighted by molar-refractivity contribution is 7.89. The Morgan fingerprint density at radius 3 is 2.36 bits per heavy atom. The fourth-order valence-electron chi connectivity index (χ4n) is 2.74. The quantitative estimate of drug-likeness (QED) is 0.636. The minimum atomic E-state index is -3.66. The topological polar surface area (TPSA) is 101 Å². The first-order valence-electron chi connectivity index (χ1n) is 8.83. The van der Waals surface area contributed by atoms with E-state index >= 15 is 0 Å². The second-order valence-electron chi connectivity index (χ2n) is 6.45. The van der Waals surface area contributed by atoms with Gasteiger partial charge in [0.05, 0.1) is 4.90 Å². The van der Waals surface area contributed by atoms with Crippen LogP contribution in [-0.2, 0) is 16.4 Å². The Morgan fingerprint density at radius 1 is 1.04 bits per heavy atom. The van der Waals surface area contributed by atoms with Crippen molar-refractivity contribution < 1.29 is 8.42 Å². The number of aromatic nitrogens is 2. The monoisotopic (exact) mass is 397 g/mol. The van der Waals surface area contributed by atoms with E-state index in [0.717, 1.165) is 29.2 Å². The van der Waals surface area contributed by atoms with Gasteiger partial charge in [0.15, 0.2) is 0 Å². The van der Waals surface area contributed by atoms with Crippen molar-refractivity contribution in [3.63, 3.8) is 0 Å². The predicted molar refractivity (Wildman–Crippen MR) is 111 cm³/mol. The molecule has 3 aromatic rings. The molecule has 146 valence electrons. The minimum absolute atomic E-state index is 0.115. The highest BCUT2D eigenvalue weighted by Crippen LogP contribution is 2.21. The van der Waals surface area contributed by atoms with Gasteiger partial charge in [-0.15, -0.1) is 0 Å². The van der Waals surface area contributed by atoms with E-state index in [4.69, 9.17) is 5.14 Å². The average molecular weight is 398 g/mol. The maximum Gasteiger partial charge on any atom is 0.238 e. The number of hydrogen-bond donors (Lipinski definition) is 2. The highest BCUT2D eigenvalue weighted by Gasteiger charge is 2.10. The van der Waals surface area contributed by atoms with Crippen molar-refractivity contribution in [1.29, 1.82) is 0 Å². The van der Waals surface area contributed by atoms with Gasteiger partial charge in [0.1, 0.15) is 5.82 Å². The van der Waals surface area contributed by atoms with E-state index in [1.165, 1.54) is 12.1 Å². The highest BCUT2D eigenvalue weighted by atomic mass is 32.2. The van der Waals surface area contributed by atoms with Crippen molar-refractivity contribution >= 4 is 27.5 Å². The lowest BCUT2D eigenvalue weighted by Gasteiger charge is -2.18. The van der Waals surface area contributed by atoms with Crippen molar-refractivity contribution in [2.75, 3.05) is 23.8 Å². The van der Waals surface area contributed by atoms with Crippen LogP contribution in [0.1, 0.15) is 11.3 Å². The van der Waals surface area contributed by atoms with Crippen LogP contribution < -0.4 is 15.4 Å². The van der Waals surface area contributed by atoms with Crippen LogP contribution in [0, 0.1) is 6.92 Å². The Labute approximate surface area is 165 Å². The molecule has 0 aliphatic carbocycles. The summed E-state index contributed by atoms with van der Waals surface area (Å²) in [6, 6.07) is 18.4. The number of para-hydroxylation sites is 1. The molecule has 1 aromatic heterocycles. The zero-order valence-electron chi connectivity index (χ0n) is 15.8. The number of nitrogens with one attached hydrogen (secondary N) is 1. The maximum atomic E-state index is 11.3. The standard InChI is InChI=1S/C20H23N5O2S/c1-15-14-19(24-20(23-15)25(2)17-6-4-3-5-7-17)22-13-12-16-8-10-18(11-9-16)28(21,26)27/h3-11,14H,12-13H2,1-2H3,(H2,21,26,27)(H,22,23,24). The van der Waals surface area contributed by atoms with E-state index in [9.17, 15) is 8.42 Å². The molecule has 0 aliphatic heterocycles. The van der Waals surface area contributed by atoms with Crippen molar-refractivity contribution in [1.82, 2.24) is 9.97 Å². The van der Waals surface area contributed by atoms with Gasteiger partial charge < -0.3 is 10.2 Å². The van der Waals surface area contributed by atoms with Crippen LogP contribution in [0.25, 0.3) is 0 Å². The summed E-state index contributed by atoms with van der Waals surface area (Å²) in [6.45, 7) is 2.58. The molecule has 0 atom stereocenters. The molecule has 8 heteroatoms. The van der Waals surface area contributed by atoms with Crippen LogP contribution in [0.3, 0.4) is 0 Å². The first-order valence-corrected chi connectivity index (χ1v) is 10.4. The van der Waals surface area contributed by atoms with E-state index in [0.29, 0.717) is 12.5 Å². The molecule has 7 nitrogen and oxygen atoms in total. The molecule has 1 heterocycles. The first kappa shape index (κ1) is 19.8. The second kappa shape index (κ2) is 8.37. The summed E-state index contributed by atoms with van der Waals surface area (Å²) in [7, 11) is -1.73. The van der Waals surface area contributed by atoms with Gasteiger partial charge in [0.2, 0.25) is 16.0 Å². The SMILES string of the molecule is Cc1cc(NCCc2ccc(S(N)(=O)=O)cc2)nc(N(C)c2ccccc2)n1. The molecule has 0 amide bonds. The van der Waals surface area contributed by atoms with Crippen molar-refractivity contribution in [2.24, 2.45) is 5.14 Å². The van der Waals surface area contributed by atoms with Crippen molar-refractivity contribution in [2.45, 2.75) is 18.2 Å². The Morgan fingerprint density at radius 2 is 1.71 bits per heavy atom. The van der Waals surface area contributed by atoms with Gasteiger partial charge in [-0.3, -0.25) is 0 Å². The Kier molecular flexibility index (Phi) is 5.91. The van der Waals surface area contributed by atoms with Gasteiger partial charge in [-0.25, -0.2) is 18.5 Å². The third kappa shape index (κ3) is 5.05. The number of aryl methyl sites for hydroxylation is 1. The van der Waals surface area contributed by atoms with E-state index in [-0.39, 0.29) is 4.90 Å². The number of primary sulfonamides is 1. The van der Waals surface area contributed by atoms with Crippen LogP contribution in [0.5, 0.6) is 0 Å². The number of rotatable bonds is 7. The van der Waals surface area contributed by atoms with Gasteiger partial charge in [-0.2, -0.15) is 4.98 Å². The number of sulfonamides is 1. The van der Waals surface area contributed by atoms with Crippen molar-refractivity contribution in [3.8, 4) is 0 Å². The lowest BCUT2D eigenvalue weighted by Crippen LogP contribution is -2.15. The summed E-state index contributed by atoms with van der Waals surface area (Å²) in [5.74, 6) is 1.36. The fraction of sp³-hybridized carbons (Fsp3) is 0.200. The van der Waals surface area contributed by atoms with Gasteiger partial charge in [-0.05, 0) is 43.2 Å². The maximum absolute atomic E-state index is 11.3. The number of nitrogens with two attached hydrogens (primary N) is 1. The van der Waals surface area contributed by atoms with E-state index in [1.807, 2.05) is 55.3 Å². The summed E-state index contributed by atoms with van der Waals surface area (Å²) in [6.07, 6.45) is 0.720. The lowest BCUT2D eigenvalue weighted by atomic mass is 10.1. The Balaban J connectivity index is 1.65. The Hall–Kier alpha value is -2.97. The van der Waals surface area contributed by atoms with Crippen LogP contribution in [-0.4, -0.2) is 32.0 Å². The molecule has 3 N–H and O–H groups in total. The molecule has 0 saturated heterocycles. The van der Waals surface area contributed by atoms with Gasteiger partial charge >= 0.3 is 0 Å². The fourth-order valence-corrected chi connectivity index (χ4v) is 3.26. The summed E-state index contributed by atoms with van der Waals surface area (Å²) < 4.78 is 22.6. The number of benzene rings is 2. The zero-order valence-corrected chi connectivity index (χ0v) is 16.6. The molecule has 2 aromatic carbocycles. The summed E-state index contributed by atoms with van der Waals surface area (Å²) in [4.78, 5) is 11.2. The molecule has 0 saturated carbocycles. The largest absolute Gasteiger partial charge is 0.370 e. The minimum Gasteiger partial charge on any atom is -0.370 e. The van der Waals surface area contributed by atoms with Gasteiger partial charge in [0.25, 0.3) is 0 Å².